The second-order valence-corrected chi connectivity index (χ2v) is 5.40. The normalized spacial score (nSPS) is 29.5. The SMILES string of the molecule is CC1(C)CCC[N+](C)(C)CC1. The molecule has 1 fully saturated rings. The zero-order valence-corrected chi connectivity index (χ0v) is 8.48. The highest BCUT2D eigenvalue weighted by Gasteiger charge is 2.27. The Bertz CT molecular complexity index is 120. The molecule has 11 heavy (non-hydrogen) atoms. The Hall–Kier alpha value is -0.0400. The van der Waals surface area contributed by atoms with E-state index in [-0.39, 0.29) is 0 Å². The van der Waals surface area contributed by atoms with Gasteiger partial charge in [-0.2, -0.15) is 0 Å². The van der Waals surface area contributed by atoms with E-state index in [1.54, 1.807) is 0 Å². The lowest BCUT2D eigenvalue weighted by molar-refractivity contribution is -0.889. The monoisotopic (exact) mass is 156 g/mol. The predicted molar refractivity (Wildman–Crippen MR) is 49.5 cm³/mol. The van der Waals surface area contributed by atoms with E-state index in [1.165, 1.54) is 36.8 Å². The van der Waals surface area contributed by atoms with Crippen molar-refractivity contribution in [1.82, 2.24) is 0 Å². The van der Waals surface area contributed by atoms with Crippen molar-refractivity contribution in [2.24, 2.45) is 5.41 Å². The third kappa shape index (κ3) is 2.82. The van der Waals surface area contributed by atoms with Gasteiger partial charge in [-0.05, 0) is 18.3 Å². The lowest BCUT2D eigenvalue weighted by atomic mass is 9.85. The van der Waals surface area contributed by atoms with Gasteiger partial charge in [0.05, 0.1) is 27.2 Å². The van der Waals surface area contributed by atoms with E-state index in [9.17, 15) is 0 Å². The Morgan fingerprint density at radius 1 is 1.00 bits per heavy atom. The van der Waals surface area contributed by atoms with Crippen LogP contribution < -0.4 is 0 Å². The molecule has 0 radical (unpaired) electrons. The summed E-state index contributed by atoms with van der Waals surface area (Å²) in [4.78, 5) is 0. The molecule has 0 bridgehead atoms. The first-order valence-electron chi connectivity index (χ1n) is 4.73. The number of quaternary nitrogens is 1. The summed E-state index contributed by atoms with van der Waals surface area (Å²) in [6.07, 6.45) is 4.20. The summed E-state index contributed by atoms with van der Waals surface area (Å²) in [5, 5.41) is 0. The average Bonchev–Trinajstić information content (AvgIpc) is 1.92. The Balaban J connectivity index is 2.53. The van der Waals surface area contributed by atoms with Crippen LogP contribution in [0.5, 0.6) is 0 Å². The topological polar surface area (TPSA) is 0 Å². The lowest BCUT2D eigenvalue weighted by Crippen LogP contribution is -2.40. The third-order valence-electron chi connectivity index (χ3n) is 3.01. The van der Waals surface area contributed by atoms with Crippen LogP contribution in [0.25, 0.3) is 0 Å². The molecule has 1 heteroatoms. The Morgan fingerprint density at radius 2 is 1.64 bits per heavy atom. The highest BCUT2D eigenvalue weighted by molar-refractivity contribution is 4.70. The van der Waals surface area contributed by atoms with Crippen molar-refractivity contribution in [2.45, 2.75) is 33.1 Å². The van der Waals surface area contributed by atoms with Crippen molar-refractivity contribution in [1.29, 1.82) is 0 Å². The molecule has 0 aromatic carbocycles. The zero-order chi connectivity index (χ0) is 8.54. The number of nitrogens with zero attached hydrogens (tertiary/aromatic N) is 1. The van der Waals surface area contributed by atoms with E-state index in [0.717, 1.165) is 0 Å². The van der Waals surface area contributed by atoms with E-state index in [0.29, 0.717) is 5.41 Å². The van der Waals surface area contributed by atoms with Gasteiger partial charge in [-0.15, -0.1) is 0 Å². The van der Waals surface area contributed by atoms with Crippen LogP contribution in [-0.4, -0.2) is 31.7 Å². The molecular formula is C10H22N+. The molecule has 0 saturated carbocycles. The van der Waals surface area contributed by atoms with Gasteiger partial charge in [0.1, 0.15) is 0 Å². The minimum Gasteiger partial charge on any atom is -0.328 e. The van der Waals surface area contributed by atoms with Crippen molar-refractivity contribution in [3.05, 3.63) is 0 Å². The molecule has 0 aromatic rings. The second kappa shape index (κ2) is 2.78. The molecule has 1 heterocycles. The van der Waals surface area contributed by atoms with Gasteiger partial charge in [-0.1, -0.05) is 13.8 Å². The van der Waals surface area contributed by atoms with Crippen LogP contribution in [0.4, 0.5) is 0 Å². The van der Waals surface area contributed by atoms with E-state index < -0.39 is 0 Å². The van der Waals surface area contributed by atoms with Crippen molar-refractivity contribution >= 4 is 0 Å². The van der Waals surface area contributed by atoms with Crippen molar-refractivity contribution in [3.8, 4) is 0 Å². The molecule has 1 nitrogen and oxygen atoms in total. The fourth-order valence-corrected chi connectivity index (χ4v) is 1.83. The van der Waals surface area contributed by atoms with Crippen LogP contribution >= 0.6 is 0 Å². The molecule has 0 unspecified atom stereocenters. The number of hydrogen-bond donors (Lipinski definition) is 0. The van der Waals surface area contributed by atoms with Crippen molar-refractivity contribution in [3.63, 3.8) is 0 Å². The van der Waals surface area contributed by atoms with Crippen LogP contribution in [0.2, 0.25) is 0 Å². The number of likely N-dealkylation sites (tertiary alicyclic amines) is 1. The minimum absolute atomic E-state index is 0.603. The maximum atomic E-state index is 2.40. The summed E-state index contributed by atoms with van der Waals surface area (Å²) in [6, 6.07) is 0. The van der Waals surface area contributed by atoms with Gasteiger partial charge >= 0.3 is 0 Å². The molecule has 1 saturated heterocycles. The first-order chi connectivity index (χ1) is 4.91. The summed E-state index contributed by atoms with van der Waals surface area (Å²) in [6.45, 7) is 7.52. The van der Waals surface area contributed by atoms with E-state index in [2.05, 4.69) is 27.9 Å². The van der Waals surface area contributed by atoms with Crippen molar-refractivity contribution in [2.75, 3.05) is 27.2 Å². The molecular weight excluding hydrogens is 134 g/mol. The molecule has 66 valence electrons. The van der Waals surface area contributed by atoms with Gasteiger partial charge in [-0.3, -0.25) is 0 Å². The van der Waals surface area contributed by atoms with E-state index >= 15 is 0 Å². The quantitative estimate of drug-likeness (QED) is 0.472. The highest BCUT2D eigenvalue weighted by atomic mass is 15.3. The fraction of sp³-hybridized carbons (Fsp3) is 1.00. The summed E-state index contributed by atoms with van der Waals surface area (Å²) < 4.78 is 1.23. The van der Waals surface area contributed by atoms with Crippen LogP contribution in [0, 0.1) is 5.41 Å². The minimum atomic E-state index is 0.603. The zero-order valence-electron chi connectivity index (χ0n) is 8.48. The van der Waals surface area contributed by atoms with Crippen molar-refractivity contribution < 1.29 is 4.48 Å². The largest absolute Gasteiger partial charge is 0.328 e. The molecule has 0 aromatic heterocycles. The summed E-state index contributed by atoms with van der Waals surface area (Å²) in [7, 11) is 4.70. The third-order valence-corrected chi connectivity index (χ3v) is 3.01. The number of rotatable bonds is 0. The summed E-state index contributed by atoms with van der Waals surface area (Å²) in [5.74, 6) is 0. The molecule has 1 aliphatic heterocycles. The predicted octanol–water partition coefficient (Wildman–Crippen LogP) is 2.27. The summed E-state index contributed by atoms with van der Waals surface area (Å²) in [5.41, 5.74) is 0.603. The highest BCUT2D eigenvalue weighted by Crippen LogP contribution is 2.30. The van der Waals surface area contributed by atoms with Gasteiger partial charge in [0, 0.05) is 6.42 Å². The smallest absolute Gasteiger partial charge is 0.0787 e. The molecule has 1 rings (SSSR count). The maximum Gasteiger partial charge on any atom is 0.0787 e. The second-order valence-electron chi connectivity index (χ2n) is 5.40. The van der Waals surface area contributed by atoms with E-state index in [4.69, 9.17) is 0 Å². The Labute approximate surface area is 71.0 Å². The molecule has 0 atom stereocenters. The van der Waals surface area contributed by atoms with Crippen LogP contribution in [0.3, 0.4) is 0 Å². The van der Waals surface area contributed by atoms with Gasteiger partial charge < -0.3 is 4.48 Å². The molecule has 0 spiro atoms. The van der Waals surface area contributed by atoms with Gasteiger partial charge in [0.25, 0.3) is 0 Å². The fourth-order valence-electron chi connectivity index (χ4n) is 1.83. The van der Waals surface area contributed by atoms with E-state index in [1.807, 2.05) is 0 Å². The van der Waals surface area contributed by atoms with Gasteiger partial charge in [-0.25, -0.2) is 0 Å². The maximum absolute atomic E-state index is 2.40. The molecule has 0 N–H and O–H groups in total. The summed E-state index contributed by atoms with van der Waals surface area (Å²) >= 11 is 0. The first kappa shape index (κ1) is 9.05. The van der Waals surface area contributed by atoms with Gasteiger partial charge in [0.15, 0.2) is 0 Å². The standard InChI is InChI=1S/C10H22N/c1-10(2)6-5-8-11(3,4)9-7-10/h5-9H2,1-4H3/q+1. The molecule has 0 amide bonds. The Morgan fingerprint density at radius 3 is 2.27 bits per heavy atom. The Kier molecular flexibility index (Phi) is 2.29. The average molecular weight is 156 g/mol. The van der Waals surface area contributed by atoms with Crippen LogP contribution in [0.1, 0.15) is 33.1 Å². The van der Waals surface area contributed by atoms with Crippen LogP contribution in [-0.2, 0) is 0 Å². The molecule has 1 aliphatic rings. The lowest BCUT2D eigenvalue weighted by Gasteiger charge is -2.28. The van der Waals surface area contributed by atoms with Gasteiger partial charge in [0.2, 0.25) is 0 Å². The first-order valence-corrected chi connectivity index (χ1v) is 4.73. The number of hydrogen-bond acceptors (Lipinski definition) is 0. The van der Waals surface area contributed by atoms with Crippen LogP contribution in [0.15, 0.2) is 0 Å². The molecule has 0 aliphatic carbocycles.